The number of halogens is 1. The van der Waals surface area contributed by atoms with Gasteiger partial charge in [0.1, 0.15) is 17.4 Å². The van der Waals surface area contributed by atoms with Gasteiger partial charge < -0.3 is 10.1 Å². The van der Waals surface area contributed by atoms with Crippen LogP contribution in [0.5, 0.6) is 5.75 Å². The van der Waals surface area contributed by atoms with Gasteiger partial charge in [0.2, 0.25) is 0 Å². The first-order chi connectivity index (χ1) is 12.6. The zero-order valence-corrected chi connectivity index (χ0v) is 14.9. The summed E-state index contributed by atoms with van der Waals surface area (Å²) >= 11 is 5.99. The molecule has 0 unspecified atom stereocenters. The van der Waals surface area contributed by atoms with E-state index in [4.69, 9.17) is 16.3 Å². The molecule has 4 rings (SSSR count). The molecule has 2 aromatic heterocycles. The molecular formula is C19H17ClN4O2. The Bertz CT molecular complexity index is 970. The Morgan fingerprint density at radius 1 is 1.31 bits per heavy atom. The summed E-state index contributed by atoms with van der Waals surface area (Å²) in [6.07, 6.45) is 5.31. The molecule has 1 atom stereocenters. The summed E-state index contributed by atoms with van der Waals surface area (Å²) in [5.74, 6) is 2.20. The zero-order chi connectivity index (χ0) is 18.1. The van der Waals surface area contributed by atoms with Crippen LogP contribution in [0.4, 0.5) is 0 Å². The van der Waals surface area contributed by atoms with E-state index in [2.05, 4.69) is 15.3 Å². The van der Waals surface area contributed by atoms with Crippen LogP contribution in [-0.4, -0.2) is 26.5 Å². The first-order valence-electron chi connectivity index (χ1n) is 8.28. The second-order valence-corrected chi connectivity index (χ2v) is 6.58. The number of imidazole rings is 1. The number of aromatic nitrogens is 3. The number of carbonyl (C=O) groups excluding carboxylic acids is 1. The highest BCUT2D eigenvalue weighted by Crippen LogP contribution is 2.31. The van der Waals surface area contributed by atoms with E-state index in [1.165, 1.54) is 0 Å². The fourth-order valence-electron chi connectivity index (χ4n) is 2.99. The van der Waals surface area contributed by atoms with Crippen molar-refractivity contribution < 1.29 is 9.53 Å². The lowest BCUT2D eigenvalue weighted by Crippen LogP contribution is -2.37. The van der Waals surface area contributed by atoms with Gasteiger partial charge in [-0.25, -0.2) is 9.97 Å². The molecule has 0 radical (unpaired) electrons. The predicted molar refractivity (Wildman–Crippen MR) is 97.5 cm³/mol. The van der Waals surface area contributed by atoms with Crippen LogP contribution >= 0.6 is 11.6 Å². The molecule has 1 amide bonds. The van der Waals surface area contributed by atoms with Crippen molar-refractivity contribution in [2.75, 3.05) is 0 Å². The number of hydrogen-bond acceptors (Lipinski definition) is 4. The van der Waals surface area contributed by atoms with Gasteiger partial charge in [-0.05, 0) is 48.4 Å². The summed E-state index contributed by atoms with van der Waals surface area (Å²) in [6.45, 7) is 2.32. The number of carbonyl (C=O) groups is 1. The first-order valence-corrected chi connectivity index (χ1v) is 8.66. The van der Waals surface area contributed by atoms with Gasteiger partial charge in [0, 0.05) is 36.6 Å². The van der Waals surface area contributed by atoms with Gasteiger partial charge in [0.05, 0.1) is 0 Å². The summed E-state index contributed by atoms with van der Waals surface area (Å²) in [4.78, 5) is 21.0. The number of aryl methyl sites for hydroxylation is 1. The van der Waals surface area contributed by atoms with E-state index in [1.807, 2.05) is 35.9 Å². The molecule has 0 spiro atoms. The standard InChI is InChI=1S/C19H17ClN4O2/c1-12-21-6-7-24(12)18-8-13(4-5-22-18)11-23-19(25)17-10-14-9-15(20)2-3-16(14)26-17/h2-9,17H,10-11H2,1H3,(H,23,25)/t17-/m1/s1. The highest BCUT2D eigenvalue weighted by atomic mass is 35.5. The van der Waals surface area contributed by atoms with Crippen LogP contribution in [0.3, 0.4) is 0 Å². The van der Waals surface area contributed by atoms with Crippen molar-refractivity contribution >= 4 is 17.5 Å². The van der Waals surface area contributed by atoms with Crippen molar-refractivity contribution in [3.8, 4) is 11.6 Å². The number of ether oxygens (including phenoxy) is 1. The Balaban J connectivity index is 1.40. The normalized spacial score (nSPS) is 15.4. The minimum absolute atomic E-state index is 0.144. The third kappa shape index (κ3) is 3.28. The Morgan fingerprint density at radius 3 is 3.00 bits per heavy atom. The second kappa shape index (κ2) is 6.80. The van der Waals surface area contributed by atoms with E-state index in [1.54, 1.807) is 24.5 Å². The van der Waals surface area contributed by atoms with Crippen molar-refractivity contribution in [3.63, 3.8) is 0 Å². The van der Waals surface area contributed by atoms with Gasteiger partial charge in [-0.2, -0.15) is 0 Å². The van der Waals surface area contributed by atoms with Crippen molar-refractivity contribution in [2.24, 2.45) is 0 Å². The van der Waals surface area contributed by atoms with E-state index in [0.717, 1.165) is 28.5 Å². The Hall–Kier alpha value is -2.86. The second-order valence-electron chi connectivity index (χ2n) is 6.15. The third-order valence-electron chi connectivity index (χ3n) is 4.34. The van der Waals surface area contributed by atoms with Gasteiger partial charge in [-0.1, -0.05) is 11.6 Å². The number of nitrogens with zero attached hydrogens (tertiary/aromatic N) is 3. The molecule has 1 aliphatic heterocycles. The SMILES string of the molecule is Cc1nccn1-c1cc(CNC(=O)[C@H]2Cc3cc(Cl)ccc3O2)ccn1. The van der Waals surface area contributed by atoms with Crippen LogP contribution in [0.1, 0.15) is 17.0 Å². The summed E-state index contributed by atoms with van der Waals surface area (Å²) in [5, 5.41) is 3.57. The molecule has 132 valence electrons. The molecule has 0 saturated heterocycles. The lowest BCUT2D eigenvalue weighted by atomic mass is 10.1. The van der Waals surface area contributed by atoms with E-state index in [0.29, 0.717) is 18.0 Å². The average molecular weight is 369 g/mol. The molecule has 1 aromatic carbocycles. The average Bonchev–Trinajstić information content (AvgIpc) is 3.25. The highest BCUT2D eigenvalue weighted by Gasteiger charge is 2.29. The van der Waals surface area contributed by atoms with Crippen molar-refractivity contribution in [3.05, 3.63) is 70.9 Å². The van der Waals surface area contributed by atoms with Crippen LogP contribution in [0, 0.1) is 6.92 Å². The van der Waals surface area contributed by atoms with Gasteiger partial charge in [0.15, 0.2) is 6.10 Å². The maximum atomic E-state index is 12.4. The molecule has 1 aliphatic rings. The van der Waals surface area contributed by atoms with Crippen molar-refractivity contribution in [1.82, 2.24) is 19.9 Å². The number of pyridine rings is 1. The smallest absolute Gasteiger partial charge is 0.261 e. The first kappa shape index (κ1) is 16.6. The summed E-state index contributed by atoms with van der Waals surface area (Å²) in [7, 11) is 0. The molecular weight excluding hydrogens is 352 g/mol. The number of amides is 1. The van der Waals surface area contributed by atoms with Crippen LogP contribution in [-0.2, 0) is 17.8 Å². The highest BCUT2D eigenvalue weighted by molar-refractivity contribution is 6.30. The zero-order valence-electron chi connectivity index (χ0n) is 14.1. The van der Waals surface area contributed by atoms with Crippen LogP contribution in [0.2, 0.25) is 5.02 Å². The van der Waals surface area contributed by atoms with Crippen LogP contribution < -0.4 is 10.1 Å². The maximum absolute atomic E-state index is 12.4. The number of nitrogens with one attached hydrogen (secondary N) is 1. The number of fused-ring (bicyclic) bond motifs is 1. The summed E-state index contributed by atoms with van der Waals surface area (Å²) in [5.41, 5.74) is 1.91. The molecule has 0 bridgehead atoms. The third-order valence-corrected chi connectivity index (χ3v) is 4.57. The van der Waals surface area contributed by atoms with E-state index < -0.39 is 6.10 Å². The fourth-order valence-corrected chi connectivity index (χ4v) is 3.18. The molecule has 0 fully saturated rings. The molecule has 3 aromatic rings. The number of rotatable bonds is 4. The predicted octanol–water partition coefficient (Wildman–Crippen LogP) is 2.85. The topological polar surface area (TPSA) is 69.0 Å². The summed E-state index contributed by atoms with van der Waals surface area (Å²) in [6, 6.07) is 9.20. The monoisotopic (exact) mass is 368 g/mol. The quantitative estimate of drug-likeness (QED) is 0.768. The fraction of sp³-hybridized carbons (Fsp3) is 0.211. The lowest BCUT2D eigenvalue weighted by Gasteiger charge is -2.12. The van der Waals surface area contributed by atoms with Gasteiger partial charge in [0.25, 0.3) is 5.91 Å². The number of hydrogen-bond donors (Lipinski definition) is 1. The molecule has 26 heavy (non-hydrogen) atoms. The molecule has 7 heteroatoms. The van der Waals surface area contributed by atoms with E-state index in [9.17, 15) is 4.79 Å². The van der Waals surface area contributed by atoms with E-state index >= 15 is 0 Å². The molecule has 0 aliphatic carbocycles. The van der Waals surface area contributed by atoms with Crippen LogP contribution in [0.15, 0.2) is 48.9 Å². The number of benzene rings is 1. The van der Waals surface area contributed by atoms with Gasteiger partial charge in [-0.15, -0.1) is 0 Å². The van der Waals surface area contributed by atoms with E-state index in [-0.39, 0.29) is 5.91 Å². The van der Waals surface area contributed by atoms with Crippen molar-refractivity contribution in [1.29, 1.82) is 0 Å². The maximum Gasteiger partial charge on any atom is 0.261 e. The lowest BCUT2D eigenvalue weighted by molar-refractivity contribution is -0.127. The molecule has 1 N–H and O–H groups in total. The molecule has 0 saturated carbocycles. The molecule has 6 nitrogen and oxygen atoms in total. The Labute approximate surface area is 155 Å². The minimum atomic E-state index is -0.527. The minimum Gasteiger partial charge on any atom is -0.480 e. The van der Waals surface area contributed by atoms with Gasteiger partial charge >= 0.3 is 0 Å². The largest absolute Gasteiger partial charge is 0.480 e. The van der Waals surface area contributed by atoms with Crippen molar-refractivity contribution in [2.45, 2.75) is 26.0 Å². The summed E-state index contributed by atoms with van der Waals surface area (Å²) < 4.78 is 7.61. The Morgan fingerprint density at radius 2 is 2.19 bits per heavy atom. The van der Waals surface area contributed by atoms with Crippen LogP contribution in [0.25, 0.3) is 5.82 Å². The Kier molecular flexibility index (Phi) is 4.34. The van der Waals surface area contributed by atoms with Gasteiger partial charge in [-0.3, -0.25) is 9.36 Å². The molecule has 3 heterocycles.